The Bertz CT molecular complexity index is 717. The summed E-state index contributed by atoms with van der Waals surface area (Å²) in [7, 11) is 0. The fourth-order valence-corrected chi connectivity index (χ4v) is 1.98. The highest BCUT2D eigenvalue weighted by molar-refractivity contribution is 6.30. The third-order valence-electron chi connectivity index (χ3n) is 2.89. The van der Waals surface area contributed by atoms with Gasteiger partial charge in [-0.1, -0.05) is 22.8 Å². The van der Waals surface area contributed by atoms with Crippen LogP contribution in [0.5, 0.6) is 0 Å². The molecular formula is C14H12ClFN2O4. The first-order chi connectivity index (χ1) is 10.4. The van der Waals surface area contributed by atoms with Crippen molar-refractivity contribution in [2.24, 2.45) is 0 Å². The van der Waals surface area contributed by atoms with Crippen molar-refractivity contribution in [3.05, 3.63) is 52.1 Å². The molecule has 6 nitrogen and oxygen atoms in total. The van der Waals surface area contributed by atoms with E-state index in [1.54, 1.807) is 6.92 Å². The largest absolute Gasteiger partial charge is 0.481 e. The maximum atomic E-state index is 13.5. The van der Waals surface area contributed by atoms with Gasteiger partial charge in [-0.25, -0.2) is 4.39 Å². The molecule has 0 unspecified atom stereocenters. The summed E-state index contributed by atoms with van der Waals surface area (Å²) in [5.74, 6) is -2.01. The van der Waals surface area contributed by atoms with E-state index in [1.807, 2.05) is 0 Å². The van der Waals surface area contributed by atoms with Crippen LogP contribution in [0, 0.1) is 12.7 Å². The quantitative estimate of drug-likeness (QED) is 0.881. The Morgan fingerprint density at radius 3 is 2.73 bits per heavy atom. The van der Waals surface area contributed by atoms with E-state index in [-0.39, 0.29) is 16.3 Å². The van der Waals surface area contributed by atoms with Crippen LogP contribution >= 0.6 is 11.6 Å². The van der Waals surface area contributed by atoms with Gasteiger partial charge in [0, 0.05) is 6.07 Å². The molecule has 2 rings (SSSR count). The van der Waals surface area contributed by atoms with E-state index < -0.39 is 30.2 Å². The van der Waals surface area contributed by atoms with Gasteiger partial charge >= 0.3 is 5.97 Å². The molecule has 1 aromatic carbocycles. The molecule has 8 heteroatoms. The summed E-state index contributed by atoms with van der Waals surface area (Å²) in [4.78, 5) is 23.0. The second-order valence-corrected chi connectivity index (χ2v) is 5.03. The molecule has 0 bridgehead atoms. The molecule has 22 heavy (non-hydrogen) atoms. The number of aryl methyl sites for hydroxylation is 1. The van der Waals surface area contributed by atoms with Crippen LogP contribution in [0.15, 0.2) is 28.8 Å². The second-order valence-electron chi connectivity index (χ2n) is 4.62. The maximum Gasteiger partial charge on any atom is 0.305 e. The molecule has 0 saturated carbocycles. The lowest BCUT2D eigenvalue weighted by Gasteiger charge is -2.17. The molecule has 0 fully saturated rings. The number of carbonyl (C=O) groups is 2. The SMILES string of the molecule is Cc1cc(C(=O)N[C@H](CC(=O)O)c2ccc(Cl)c(F)c2)no1. The summed E-state index contributed by atoms with van der Waals surface area (Å²) < 4.78 is 18.3. The van der Waals surface area contributed by atoms with Crippen LogP contribution in [0.4, 0.5) is 4.39 Å². The van der Waals surface area contributed by atoms with Gasteiger partial charge in [0.15, 0.2) is 5.69 Å². The third kappa shape index (κ3) is 3.82. The zero-order valence-electron chi connectivity index (χ0n) is 11.5. The van der Waals surface area contributed by atoms with Gasteiger partial charge in [0.05, 0.1) is 17.5 Å². The summed E-state index contributed by atoms with van der Waals surface area (Å²) in [6.07, 6.45) is -0.413. The van der Waals surface area contributed by atoms with Crippen LogP contribution in [0.1, 0.15) is 34.3 Å². The number of carboxylic acids is 1. The average Bonchev–Trinajstić information content (AvgIpc) is 2.87. The summed E-state index contributed by atoms with van der Waals surface area (Å²) in [5, 5.41) is 14.9. The Labute approximate surface area is 129 Å². The zero-order valence-corrected chi connectivity index (χ0v) is 12.2. The molecule has 1 amide bonds. The van der Waals surface area contributed by atoms with Crippen molar-refractivity contribution in [3.63, 3.8) is 0 Å². The summed E-state index contributed by atoms with van der Waals surface area (Å²) in [6, 6.07) is 4.33. The lowest BCUT2D eigenvalue weighted by atomic mass is 10.0. The van der Waals surface area contributed by atoms with Crippen LogP contribution in [-0.2, 0) is 4.79 Å². The monoisotopic (exact) mass is 326 g/mol. The molecule has 0 radical (unpaired) electrons. The number of benzene rings is 1. The van der Waals surface area contributed by atoms with Crippen molar-refractivity contribution in [1.82, 2.24) is 10.5 Å². The van der Waals surface area contributed by atoms with Gasteiger partial charge in [-0.2, -0.15) is 0 Å². The minimum absolute atomic E-state index is 0.0160. The first-order valence-electron chi connectivity index (χ1n) is 6.27. The van der Waals surface area contributed by atoms with Crippen molar-refractivity contribution in [1.29, 1.82) is 0 Å². The van der Waals surface area contributed by atoms with Crippen molar-refractivity contribution >= 4 is 23.5 Å². The van der Waals surface area contributed by atoms with Crippen molar-refractivity contribution in [2.75, 3.05) is 0 Å². The minimum Gasteiger partial charge on any atom is -0.481 e. The first kappa shape index (κ1) is 16.0. The van der Waals surface area contributed by atoms with Crippen molar-refractivity contribution in [3.8, 4) is 0 Å². The first-order valence-corrected chi connectivity index (χ1v) is 6.65. The number of carboxylic acid groups (broad SMARTS) is 1. The molecular weight excluding hydrogens is 315 g/mol. The van der Waals surface area contributed by atoms with Gasteiger partial charge in [0.25, 0.3) is 5.91 Å². The highest BCUT2D eigenvalue weighted by atomic mass is 35.5. The molecule has 0 aliphatic carbocycles. The highest BCUT2D eigenvalue weighted by Crippen LogP contribution is 2.23. The van der Waals surface area contributed by atoms with Crippen LogP contribution in [0.3, 0.4) is 0 Å². The van der Waals surface area contributed by atoms with E-state index in [1.165, 1.54) is 18.2 Å². The molecule has 0 aliphatic heterocycles. The second kappa shape index (κ2) is 6.57. The van der Waals surface area contributed by atoms with E-state index in [0.717, 1.165) is 6.07 Å². The smallest absolute Gasteiger partial charge is 0.305 e. The van der Waals surface area contributed by atoms with Crippen LogP contribution in [0.2, 0.25) is 5.02 Å². The number of hydrogen-bond donors (Lipinski definition) is 2. The fourth-order valence-electron chi connectivity index (χ4n) is 1.86. The lowest BCUT2D eigenvalue weighted by Crippen LogP contribution is -2.30. The number of rotatable bonds is 5. The number of nitrogens with one attached hydrogen (secondary N) is 1. The maximum absolute atomic E-state index is 13.5. The van der Waals surface area contributed by atoms with Crippen LogP contribution < -0.4 is 5.32 Å². The van der Waals surface area contributed by atoms with E-state index in [4.69, 9.17) is 21.2 Å². The number of nitrogens with zero attached hydrogens (tertiary/aromatic N) is 1. The molecule has 2 aromatic rings. The van der Waals surface area contributed by atoms with Gasteiger partial charge in [-0.05, 0) is 24.6 Å². The number of carbonyl (C=O) groups excluding carboxylic acids is 1. The number of halogens is 2. The van der Waals surface area contributed by atoms with Crippen LogP contribution in [-0.4, -0.2) is 22.1 Å². The van der Waals surface area contributed by atoms with E-state index in [2.05, 4.69) is 10.5 Å². The lowest BCUT2D eigenvalue weighted by molar-refractivity contribution is -0.137. The van der Waals surface area contributed by atoms with Crippen LogP contribution in [0.25, 0.3) is 0 Å². The van der Waals surface area contributed by atoms with Gasteiger partial charge < -0.3 is 14.9 Å². The average molecular weight is 327 g/mol. The zero-order chi connectivity index (χ0) is 16.3. The Morgan fingerprint density at radius 2 is 2.18 bits per heavy atom. The van der Waals surface area contributed by atoms with Crippen molar-refractivity contribution in [2.45, 2.75) is 19.4 Å². The number of amides is 1. The molecule has 0 spiro atoms. The normalized spacial score (nSPS) is 12.0. The van der Waals surface area contributed by atoms with E-state index in [9.17, 15) is 14.0 Å². The molecule has 1 atom stereocenters. The Hall–Kier alpha value is -2.41. The predicted molar refractivity (Wildman–Crippen MR) is 75.1 cm³/mol. The molecule has 116 valence electrons. The van der Waals surface area contributed by atoms with Gasteiger partial charge in [-0.15, -0.1) is 0 Å². The molecule has 0 aliphatic rings. The Balaban J connectivity index is 2.24. The number of aliphatic carboxylic acids is 1. The predicted octanol–water partition coefficient (Wildman–Crippen LogP) is 2.72. The highest BCUT2D eigenvalue weighted by Gasteiger charge is 2.21. The third-order valence-corrected chi connectivity index (χ3v) is 3.20. The Kier molecular flexibility index (Phi) is 4.77. The summed E-state index contributed by atoms with van der Waals surface area (Å²) in [6.45, 7) is 1.62. The minimum atomic E-state index is -1.14. The topological polar surface area (TPSA) is 92.4 Å². The standard InChI is InChI=1S/C14H12ClFN2O4/c1-7-4-12(18-22-7)14(21)17-11(6-13(19)20)8-2-3-9(15)10(16)5-8/h2-5,11H,6H2,1H3,(H,17,21)(H,19,20)/t11-/m1/s1. The number of aromatic nitrogens is 1. The fraction of sp³-hybridized carbons (Fsp3) is 0.214. The summed E-state index contributed by atoms with van der Waals surface area (Å²) in [5.41, 5.74) is 0.306. The molecule has 0 saturated heterocycles. The van der Waals surface area contributed by atoms with E-state index >= 15 is 0 Å². The molecule has 2 N–H and O–H groups in total. The van der Waals surface area contributed by atoms with E-state index in [0.29, 0.717) is 5.76 Å². The van der Waals surface area contributed by atoms with Gasteiger partial charge in [-0.3, -0.25) is 9.59 Å². The summed E-state index contributed by atoms with van der Waals surface area (Å²) >= 11 is 5.59. The van der Waals surface area contributed by atoms with Crippen molar-refractivity contribution < 1.29 is 23.6 Å². The van der Waals surface area contributed by atoms with Gasteiger partial charge in [0.2, 0.25) is 0 Å². The number of hydrogen-bond acceptors (Lipinski definition) is 4. The Morgan fingerprint density at radius 1 is 1.45 bits per heavy atom. The van der Waals surface area contributed by atoms with Gasteiger partial charge in [0.1, 0.15) is 11.6 Å². The molecule has 1 aromatic heterocycles. The molecule has 1 heterocycles.